The number of amides is 1. The van der Waals surface area contributed by atoms with Crippen molar-refractivity contribution in [1.82, 2.24) is 0 Å². The van der Waals surface area contributed by atoms with Crippen LogP contribution in [0.1, 0.15) is 27.2 Å². The number of thiophene rings is 1. The number of halogens is 2. The second kappa shape index (κ2) is 7.68. The summed E-state index contributed by atoms with van der Waals surface area (Å²) in [5.41, 5.74) is 0.682. The molecule has 0 atom stereocenters. The molecule has 2 rings (SSSR count). The van der Waals surface area contributed by atoms with E-state index in [1.807, 2.05) is 0 Å². The minimum Gasteiger partial charge on any atom is -0.492 e. The smallest absolute Gasteiger partial charge is 0.400 e. The molecule has 0 unspecified atom stereocenters. The molecule has 13 heteroatoms. The Labute approximate surface area is 163 Å². The minimum atomic E-state index is -5.79. The van der Waals surface area contributed by atoms with Crippen molar-refractivity contribution in [3.63, 3.8) is 0 Å². The second-order valence-electron chi connectivity index (χ2n) is 6.19. The van der Waals surface area contributed by atoms with Crippen molar-refractivity contribution in [2.75, 3.05) is 18.6 Å². The number of hydrogen-bond acceptors (Lipinski definition) is 6. The van der Waals surface area contributed by atoms with Crippen LogP contribution in [0.15, 0.2) is 12.1 Å². The Hall–Kier alpha value is -1.59. The van der Waals surface area contributed by atoms with Gasteiger partial charge < -0.3 is 20.3 Å². The number of carbonyl (C=O) groups excluding carboxylic acids is 1. The Balaban J connectivity index is 2.55. The number of benzene rings is 1. The number of nitrogens with two attached hydrogens (primary N) is 1. The molecule has 8 nitrogen and oxygen atoms in total. The predicted molar refractivity (Wildman–Crippen MR) is 101 cm³/mol. The number of alkyl halides is 2. The van der Waals surface area contributed by atoms with E-state index in [2.05, 4.69) is 0 Å². The first-order valence-electron chi connectivity index (χ1n) is 7.76. The largest absolute Gasteiger partial charge is 0.492 e. The molecule has 2 aromatic rings. The first-order valence-corrected chi connectivity index (χ1v) is 12.3. The highest BCUT2D eigenvalue weighted by Gasteiger charge is 2.52. The number of carbonyl (C=O) groups is 1. The van der Waals surface area contributed by atoms with Crippen LogP contribution >= 0.6 is 18.9 Å². The monoisotopic (exact) mass is 457 g/mol. The molecule has 0 aliphatic heterocycles. The van der Waals surface area contributed by atoms with Gasteiger partial charge in [0.1, 0.15) is 15.6 Å². The Kier molecular flexibility index (Phi) is 6.22. The summed E-state index contributed by atoms with van der Waals surface area (Å²) in [6.45, 7) is 1.17. The molecule has 1 amide bonds. The first kappa shape index (κ1) is 22.7. The zero-order chi connectivity index (χ0) is 21.5. The lowest BCUT2D eigenvalue weighted by atomic mass is 10.1. The molecule has 0 fully saturated rings. The van der Waals surface area contributed by atoms with Crippen molar-refractivity contribution in [2.45, 2.75) is 19.0 Å². The van der Waals surface area contributed by atoms with Crippen LogP contribution in [0.4, 0.5) is 8.78 Å². The van der Waals surface area contributed by atoms with Crippen LogP contribution in [0.2, 0.25) is 0 Å². The predicted octanol–water partition coefficient (Wildman–Crippen LogP) is 2.35. The lowest BCUT2D eigenvalue weighted by Crippen LogP contribution is -2.13. The summed E-state index contributed by atoms with van der Waals surface area (Å²) < 4.78 is 67.7. The number of primary amides is 1. The van der Waals surface area contributed by atoms with Crippen LogP contribution in [-0.4, -0.2) is 42.7 Å². The first-order chi connectivity index (χ1) is 12.6. The Morgan fingerprint density at radius 3 is 2.46 bits per heavy atom. The summed E-state index contributed by atoms with van der Waals surface area (Å²) >= 11 is 0.431. The van der Waals surface area contributed by atoms with Gasteiger partial charge in [-0.1, -0.05) is 0 Å². The van der Waals surface area contributed by atoms with E-state index in [-0.39, 0.29) is 45.7 Å². The molecular formula is C15H18F2NO7PS2. The number of fused-ring (bicyclic) bond motifs is 1. The molecule has 28 heavy (non-hydrogen) atoms. The molecule has 0 aliphatic carbocycles. The van der Waals surface area contributed by atoms with Gasteiger partial charge in [-0.05, 0) is 31.0 Å². The van der Waals surface area contributed by atoms with E-state index in [1.165, 1.54) is 19.1 Å². The average molecular weight is 457 g/mol. The van der Waals surface area contributed by atoms with E-state index in [0.717, 1.165) is 6.26 Å². The molecule has 0 spiro atoms. The lowest BCUT2D eigenvalue weighted by Gasteiger charge is -2.16. The second-order valence-corrected chi connectivity index (χ2v) is 11.1. The molecule has 1 heterocycles. The van der Waals surface area contributed by atoms with Gasteiger partial charge in [0, 0.05) is 17.2 Å². The molecule has 0 radical (unpaired) electrons. The molecular weight excluding hydrogens is 439 g/mol. The van der Waals surface area contributed by atoms with E-state index < -0.39 is 33.9 Å². The highest BCUT2D eigenvalue weighted by Crippen LogP contribution is 2.62. The summed E-state index contributed by atoms with van der Waals surface area (Å²) in [5, 5.41) is 0.141. The van der Waals surface area contributed by atoms with Crippen LogP contribution in [0, 0.1) is 6.92 Å². The number of ether oxygens (including phenoxy) is 1. The van der Waals surface area contributed by atoms with Crippen LogP contribution in [0.3, 0.4) is 0 Å². The summed E-state index contributed by atoms with van der Waals surface area (Å²) in [5.74, 6) is -1.01. The molecule has 0 bridgehead atoms. The van der Waals surface area contributed by atoms with Gasteiger partial charge in [-0.15, -0.1) is 11.3 Å². The maximum Gasteiger partial charge on any atom is 0.400 e. The van der Waals surface area contributed by atoms with Crippen molar-refractivity contribution in [3.8, 4) is 5.75 Å². The Morgan fingerprint density at radius 2 is 1.96 bits per heavy atom. The quantitative estimate of drug-likeness (QED) is 0.408. The van der Waals surface area contributed by atoms with Gasteiger partial charge in [0.05, 0.1) is 21.9 Å². The van der Waals surface area contributed by atoms with E-state index in [4.69, 9.17) is 20.3 Å². The molecule has 1 aromatic heterocycles. The van der Waals surface area contributed by atoms with Crippen molar-refractivity contribution in [2.24, 2.45) is 5.73 Å². The molecule has 0 aliphatic rings. The standard InChI is InChI=1S/C15H18F2NO7PS2/c1-8-10-6-9(14(18)19)7-11(25-4-3-5-28(2,23)24)12(10)27-13(8)15(16,17)26(20,21)22/h6-7H,3-5H2,1-2H3,(H2,18,19)(H2,20,21,22). The van der Waals surface area contributed by atoms with Crippen LogP contribution in [0.5, 0.6) is 5.75 Å². The third kappa shape index (κ3) is 4.69. The third-order valence-corrected chi connectivity index (χ3v) is 7.37. The molecule has 0 saturated heterocycles. The fourth-order valence-corrected chi connectivity index (χ4v) is 5.16. The number of hydrogen-bond donors (Lipinski definition) is 3. The van der Waals surface area contributed by atoms with Crippen molar-refractivity contribution in [3.05, 3.63) is 28.1 Å². The van der Waals surface area contributed by atoms with Crippen LogP contribution in [0.25, 0.3) is 10.1 Å². The number of aryl methyl sites for hydroxylation is 1. The maximum absolute atomic E-state index is 14.2. The summed E-state index contributed by atoms with van der Waals surface area (Å²) in [6.07, 6.45) is 1.18. The lowest BCUT2D eigenvalue weighted by molar-refractivity contribution is 0.0596. The Morgan fingerprint density at radius 1 is 1.36 bits per heavy atom. The van der Waals surface area contributed by atoms with E-state index >= 15 is 0 Å². The SMILES string of the molecule is Cc1c(C(F)(F)P(=O)(O)O)sc2c(OCCCS(C)(=O)=O)cc(C(N)=O)cc12. The highest BCUT2D eigenvalue weighted by atomic mass is 32.2. The molecule has 156 valence electrons. The highest BCUT2D eigenvalue weighted by molar-refractivity contribution is 7.90. The number of sulfone groups is 1. The van der Waals surface area contributed by atoms with Gasteiger partial charge >= 0.3 is 13.3 Å². The third-order valence-electron chi connectivity index (χ3n) is 3.84. The van der Waals surface area contributed by atoms with Crippen LogP contribution < -0.4 is 10.5 Å². The topological polar surface area (TPSA) is 144 Å². The van der Waals surface area contributed by atoms with Gasteiger partial charge in [0.15, 0.2) is 0 Å². The Bertz CT molecular complexity index is 1080. The van der Waals surface area contributed by atoms with Crippen molar-refractivity contribution >= 4 is 44.8 Å². The van der Waals surface area contributed by atoms with Gasteiger partial charge in [-0.3, -0.25) is 9.36 Å². The fraction of sp³-hybridized carbons (Fsp3) is 0.400. The summed E-state index contributed by atoms with van der Waals surface area (Å²) in [6, 6.07) is 2.46. The zero-order valence-corrected chi connectivity index (χ0v) is 17.3. The van der Waals surface area contributed by atoms with E-state index in [1.54, 1.807) is 0 Å². The fourth-order valence-electron chi connectivity index (χ4n) is 2.46. The van der Waals surface area contributed by atoms with Gasteiger partial charge in [0.25, 0.3) is 0 Å². The summed E-state index contributed by atoms with van der Waals surface area (Å²) in [7, 11) is -9.00. The van der Waals surface area contributed by atoms with Crippen LogP contribution in [-0.2, 0) is 20.1 Å². The van der Waals surface area contributed by atoms with E-state index in [9.17, 15) is 26.6 Å². The minimum absolute atomic E-state index is 0.000614. The summed E-state index contributed by atoms with van der Waals surface area (Å²) in [4.78, 5) is 28.7. The van der Waals surface area contributed by atoms with Crippen molar-refractivity contribution < 1.29 is 41.1 Å². The normalized spacial score (nSPS) is 13.1. The van der Waals surface area contributed by atoms with Gasteiger partial charge in [-0.2, -0.15) is 8.78 Å². The molecule has 1 aromatic carbocycles. The van der Waals surface area contributed by atoms with Gasteiger partial charge in [-0.25, -0.2) is 8.42 Å². The van der Waals surface area contributed by atoms with Crippen molar-refractivity contribution in [1.29, 1.82) is 0 Å². The maximum atomic E-state index is 14.2. The molecule has 0 saturated carbocycles. The van der Waals surface area contributed by atoms with E-state index in [0.29, 0.717) is 11.3 Å². The zero-order valence-electron chi connectivity index (χ0n) is 14.8. The average Bonchev–Trinajstić information content (AvgIpc) is 2.87. The molecule has 4 N–H and O–H groups in total. The van der Waals surface area contributed by atoms with Gasteiger partial charge in [0.2, 0.25) is 5.91 Å². The number of rotatable bonds is 8.